The number of carbonyl (C=O) groups is 1. The molecule has 1 aliphatic heterocycles. The van der Waals surface area contributed by atoms with Crippen molar-refractivity contribution in [3.63, 3.8) is 0 Å². The van der Waals surface area contributed by atoms with E-state index in [0.717, 1.165) is 12.6 Å². The molecule has 0 atom stereocenters. The third kappa shape index (κ3) is 4.08. The topological polar surface area (TPSA) is 61.7 Å². The van der Waals surface area contributed by atoms with Crippen LogP contribution in [0.1, 0.15) is 12.5 Å². The first-order valence-corrected chi connectivity index (χ1v) is 4.44. The number of hydrazone groups is 1. The average Bonchev–Trinajstić information content (AvgIpc) is 2.41. The minimum atomic E-state index is -0.833. The Morgan fingerprint density at radius 2 is 2.07 bits per heavy atom. The van der Waals surface area contributed by atoms with Gasteiger partial charge in [0.25, 0.3) is 5.97 Å². The Morgan fingerprint density at radius 3 is 2.80 bits per heavy atom. The van der Waals surface area contributed by atoms with Gasteiger partial charge in [-0.3, -0.25) is 10.2 Å². The van der Waals surface area contributed by atoms with Gasteiger partial charge in [0.05, 0.1) is 5.69 Å². The summed E-state index contributed by atoms with van der Waals surface area (Å²) < 4.78 is 0. The van der Waals surface area contributed by atoms with E-state index in [2.05, 4.69) is 10.5 Å². The summed E-state index contributed by atoms with van der Waals surface area (Å²) in [4.78, 5) is 9.00. The van der Waals surface area contributed by atoms with Gasteiger partial charge in [0, 0.05) is 13.1 Å². The van der Waals surface area contributed by atoms with Crippen molar-refractivity contribution in [2.45, 2.75) is 6.92 Å². The van der Waals surface area contributed by atoms with Gasteiger partial charge in [-0.15, -0.1) is 0 Å². The Balaban J connectivity index is 0.000000245. The number of fused-ring (bicyclic) bond motifs is 1. The molecule has 0 radical (unpaired) electrons. The molecule has 1 aromatic rings. The number of aliphatic carboxylic acids is 1. The van der Waals surface area contributed by atoms with Crippen LogP contribution in [0.5, 0.6) is 0 Å². The van der Waals surface area contributed by atoms with E-state index >= 15 is 0 Å². The van der Waals surface area contributed by atoms with Crippen LogP contribution < -0.4 is 5.43 Å². The zero-order chi connectivity index (χ0) is 11.1. The van der Waals surface area contributed by atoms with Gasteiger partial charge in [0.1, 0.15) is 0 Å². The molecule has 4 heteroatoms. The van der Waals surface area contributed by atoms with Crippen molar-refractivity contribution in [3.05, 3.63) is 35.9 Å². The lowest BCUT2D eigenvalue weighted by molar-refractivity contribution is -0.134. The van der Waals surface area contributed by atoms with Crippen molar-refractivity contribution < 1.29 is 9.90 Å². The summed E-state index contributed by atoms with van der Waals surface area (Å²) in [5.74, 6) is -0.833. The fraction of sp³-hybridized carbons (Fsp3) is 0.0909. The Hall–Kier alpha value is -2.10. The van der Waals surface area contributed by atoms with Crippen LogP contribution in [0.4, 0.5) is 5.69 Å². The van der Waals surface area contributed by atoms with Gasteiger partial charge in [-0.25, -0.2) is 0 Å². The molecule has 78 valence electrons. The molecule has 0 amide bonds. The van der Waals surface area contributed by atoms with Gasteiger partial charge in [-0.2, -0.15) is 5.10 Å². The van der Waals surface area contributed by atoms with E-state index in [4.69, 9.17) is 9.90 Å². The van der Waals surface area contributed by atoms with Crippen molar-refractivity contribution in [1.29, 1.82) is 0 Å². The first-order valence-electron chi connectivity index (χ1n) is 4.44. The number of hydrogen-bond donors (Lipinski definition) is 2. The maximum absolute atomic E-state index is 9.00. The highest BCUT2D eigenvalue weighted by molar-refractivity contribution is 5.83. The Kier molecular flexibility index (Phi) is 4.09. The first-order chi connectivity index (χ1) is 7.20. The number of anilines is 1. The normalized spacial score (nSPS) is 11.5. The maximum Gasteiger partial charge on any atom is 0.300 e. The number of para-hydroxylation sites is 1. The van der Waals surface area contributed by atoms with Gasteiger partial charge in [-0.1, -0.05) is 24.3 Å². The predicted molar refractivity (Wildman–Crippen MR) is 60.9 cm³/mol. The van der Waals surface area contributed by atoms with Crippen molar-refractivity contribution >= 4 is 23.9 Å². The minimum Gasteiger partial charge on any atom is -0.481 e. The molecule has 0 saturated heterocycles. The van der Waals surface area contributed by atoms with E-state index in [1.807, 2.05) is 36.4 Å². The van der Waals surface area contributed by atoms with Crippen LogP contribution >= 0.6 is 0 Å². The summed E-state index contributed by atoms with van der Waals surface area (Å²) in [5.41, 5.74) is 5.16. The summed E-state index contributed by atoms with van der Waals surface area (Å²) in [6.07, 6.45) is 5.68. The molecule has 0 fully saturated rings. The fourth-order valence-electron chi connectivity index (χ4n) is 1.04. The van der Waals surface area contributed by atoms with Gasteiger partial charge >= 0.3 is 0 Å². The highest BCUT2D eigenvalue weighted by Crippen LogP contribution is 2.17. The van der Waals surface area contributed by atoms with Crippen LogP contribution in [0.25, 0.3) is 6.08 Å². The van der Waals surface area contributed by atoms with Crippen LogP contribution in [0.15, 0.2) is 35.4 Å². The largest absolute Gasteiger partial charge is 0.481 e. The summed E-state index contributed by atoms with van der Waals surface area (Å²) in [7, 11) is 0. The van der Waals surface area contributed by atoms with Crippen LogP contribution in [-0.2, 0) is 4.79 Å². The molecule has 0 unspecified atom stereocenters. The van der Waals surface area contributed by atoms with Crippen LogP contribution in [0.3, 0.4) is 0 Å². The molecule has 15 heavy (non-hydrogen) atoms. The lowest BCUT2D eigenvalue weighted by atomic mass is 10.2. The Morgan fingerprint density at radius 1 is 1.40 bits per heavy atom. The minimum absolute atomic E-state index is 0.833. The second-order valence-corrected chi connectivity index (χ2v) is 2.86. The Bertz CT molecular complexity index is 393. The van der Waals surface area contributed by atoms with E-state index in [9.17, 15) is 0 Å². The molecular weight excluding hydrogens is 192 g/mol. The monoisotopic (exact) mass is 204 g/mol. The van der Waals surface area contributed by atoms with Gasteiger partial charge in [0.2, 0.25) is 0 Å². The number of benzene rings is 1. The van der Waals surface area contributed by atoms with Crippen LogP contribution in [-0.4, -0.2) is 17.3 Å². The molecule has 2 rings (SSSR count). The third-order valence-electron chi connectivity index (χ3n) is 1.58. The third-order valence-corrected chi connectivity index (χ3v) is 1.58. The summed E-state index contributed by atoms with van der Waals surface area (Å²) in [6.45, 7) is 1.08. The molecule has 0 aliphatic carbocycles. The average molecular weight is 204 g/mol. The molecule has 0 spiro atoms. The molecule has 4 nitrogen and oxygen atoms in total. The number of allylic oxidation sites excluding steroid dienone is 1. The van der Waals surface area contributed by atoms with E-state index in [-0.39, 0.29) is 0 Å². The molecular formula is C11H12N2O2. The van der Waals surface area contributed by atoms with E-state index in [1.54, 1.807) is 6.21 Å². The van der Waals surface area contributed by atoms with Crippen molar-refractivity contribution in [1.82, 2.24) is 0 Å². The smallest absolute Gasteiger partial charge is 0.300 e. The second-order valence-electron chi connectivity index (χ2n) is 2.86. The van der Waals surface area contributed by atoms with Gasteiger partial charge in [0.15, 0.2) is 0 Å². The number of carboxylic acids is 1. The maximum atomic E-state index is 9.00. The van der Waals surface area contributed by atoms with Gasteiger partial charge < -0.3 is 5.11 Å². The van der Waals surface area contributed by atoms with Crippen molar-refractivity contribution in [3.8, 4) is 0 Å². The number of rotatable bonds is 0. The number of nitrogens with one attached hydrogen (secondary N) is 1. The molecule has 0 bridgehead atoms. The number of carboxylic acid groups (broad SMARTS) is 1. The lowest BCUT2D eigenvalue weighted by Crippen LogP contribution is -1.87. The molecule has 1 aromatic carbocycles. The summed E-state index contributed by atoms with van der Waals surface area (Å²) in [6, 6.07) is 8.05. The van der Waals surface area contributed by atoms with Crippen LogP contribution in [0, 0.1) is 0 Å². The van der Waals surface area contributed by atoms with Crippen molar-refractivity contribution in [2.75, 3.05) is 5.43 Å². The highest BCUT2D eigenvalue weighted by atomic mass is 16.4. The van der Waals surface area contributed by atoms with E-state index < -0.39 is 5.97 Å². The zero-order valence-corrected chi connectivity index (χ0v) is 8.34. The predicted octanol–water partition coefficient (Wildman–Crippen LogP) is 2.20. The molecule has 2 N–H and O–H groups in total. The highest BCUT2D eigenvalue weighted by Gasteiger charge is 1.96. The molecule has 0 aromatic heterocycles. The summed E-state index contributed by atoms with van der Waals surface area (Å²) >= 11 is 0. The lowest BCUT2D eigenvalue weighted by Gasteiger charge is -2.00. The summed E-state index contributed by atoms with van der Waals surface area (Å²) in [5, 5.41) is 11.4. The second kappa shape index (κ2) is 5.59. The first kappa shape index (κ1) is 11.0. The van der Waals surface area contributed by atoms with E-state index in [1.165, 1.54) is 5.56 Å². The molecule has 1 heterocycles. The fourth-order valence-corrected chi connectivity index (χ4v) is 1.04. The Labute approximate surface area is 87.9 Å². The SMILES string of the molecule is C1=Cc2ccccc2NN=C1.CC(=O)O. The van der Waals surface area contributed by atoms with E-state index in [0.29, 0.717) is 0 Å². The zero-order valence-electron chi connectivity index (χ0n) is 8.34. The molecule has 1 aliphatic rings. The number of hydrogen-bond acceptors (Lipinski definition) is 3. The van der Waals surface area contributed by atoms with Gasteiger partial charge in [-0.05, 0) is 17.7 Å². The number of nitrogens with zero attached hydrogens (tertiary/aromatic N) is 1. The molecule has 0 saturated carbocycles. The quantitative estimate of drug-likeness (QED) is 0.681. The standard InChI is InChI=1S/C9H8N2.C2H4O2/c1-2-6-9-8(4-1)5-3-7-10-11-9;1-2(3)4/h1-7,11H;1H3,(H,3,4). The van der Waals surface area contributed by atoms with Crippen LogP contribution in [0.2, 0.25) is 0 Å². The van der Waals surface area contributed by atoms with Crippen molar-refractivity contribution in [2.24, 2.45) is 5.10 Å².